The van der Waals surface area contributed by atoms with Crippen LogP contribution >= 0.6 is 0 Å². The molecule has 0 aliphatic carbocycles. The van der Waals surface area contributed by atoms with Gasteiger partial charge in [-0.25, -0.2) is 9.97 Å². The number of nitrogens with zero attached hydrogens (tertiary/aromatic N) is 3. The number of nitrogens with one attached hydrogen (secondary N) is 1. The molecule has 1 rings (SSSR count). The molecule has 5 nitrogen and oxygen atoms in total. The van der Waals surface area contributed by atoms with Gasteiger partial charge in [0.15, 0.2) is 0 Å². The van der Waals surface area contributed by atoms with Gasteiger partial charge in [-0.1, -0.05) is 13.8 Å². The van der Waals surface area contributed by atoms with Gasteiger partial charge >= 0.3 is 0 Å². The lowest BCUT2D eigenvalue weighted by Gasteiger charge is -2.22. The third kappa shape index (κ3) is 5.15. The van der Waals surface area contributed by atoms with Crippen LogP contribution in [0.15, 0.2) is 12.3 Å². The Morgan fingerprint density at radius 1 is 1.25 bits per heavy atom. The molecule has 1 aromatic rings. The fourth-order valence-electron chi connectivity index (χ4n) is 1.89. The third-order valence-corrected chi connectivity index (χ3v) is 2.64. The molecule has 0 fully saturated rings. The van der Waals surface area contributed by atoms with E-state index in [1.807, 2.05) is 25.7 Å². The largest absolute Gasteiger partial charge is 0.350 e. The molecular formula is C15H26N4O. The molecule has 0 saturated heterocycles. The maximum atomic E-state index is 12.5. The smallest absolute Gasteiger partial charge is 0.272 e. The summed E-state index contributed by atoms with van der Waals surface area (Å²) in [6, 6.07) is 1.68. The highest BCUT2D eigenvalue weighted by Gasteiger charge is 2.17. The van der Waals surface area contributed by atoms with E-state index in [0.29, 0.717) is 11.6 Å². The highest BCUT2D eigenvalue weighted by Crippen LogP contribution is 2.11. The van der Waals surface area contributed by atoms with Crippen molar-refractivity contribution >= 4 is 11.9 Å². The normalized spacial score (nSPS) is 11.2. The van der Waals surface area contributed by atoms with E-state index < -0.39 is 0 Å². The lowest BCUT2D eigenvalue weighted by molar-refractivity contribution is 0.0749. The van der Waals surface area contributed by atoms with Crippen LogP contribution in [0.3, 0.4) is 0 Å². The molecule has 0 spiro atoms. The van der Waals surface area contributed by atoms with E-state index in [-0.39, 0.29) is 11.4 Å². The van der Waals surface area contributed by atoms with Crippen LogP contribution in [0, 0.1) is 0 Å². The predicted molar refractivity (Wildman–Crippen MR) is 81.9 cm³/mol. The molecule has 0 saturated carbocycles. The average molecular weight is 278 g/mol. The van der Waals surface area contributed by atoms with Crippen LogP contribution in [0.2, 0.25) is 0 Å². The molecule has 1 heterocycles. The van der Waals surface area contributed by atoms with Crippen molar-refractivity contribution in [3.8, 4) is 0 Å². The molecule has 1 N–H and O–H groups in total. The Morgan fingerprint density at radius 3 is 2.35 bits per heavy atom. The topological polar surface area (TPSA) is 58.1 Å². The molecule has 0 aliphatic heterocycles. The molecule has 0 aliphatic rings. The van der Waals surface area contributed by atoms with E-state index in [0.717, 1.165) is 25.9 Å². The molecule has 0 atom stereocenters. The number of anilines is 1. The second-order valence-electron chi connectivity index (χ2n) is 5.93. The molecular weight excluding hydrogens is 252 g/mol. The first kappa shape index (κ1) is 16.4. The van der Waals surface area contributed by atoms with Gasteiger partial charge in [-0.2, -0.15) is 0 Å². The van der Waals surface area contributed by atoms with Gasteiger partial charge in [0.25, 0.3) is 5.91 Å². The summed E-state index contributed by atoms with van der Waals surface area (Å²) in [6.45, 7) is 11.8. The summed E-state index contributed by atoms with van der Waals surface area (Å²) < 4.78 is 0. The van der Waals surface area contributed by atoms with Crippen LogP contribution in [0.5, 0.6) is 0 Å². The van der Waals surface area contributed by atoms with Crippen molar-refractivity contribution in [1.82, 2.24) is 14.9 Å². The summed E-state index contributed by atoms with van der Waals surface area (Å²) in [7, 11) is 0. The summed E-state index contributed by atoms with van der Waals surface area (Å²) in [5.74, 6) is 0.476. The SMILES string of the molecule is CCCN(CCC)C(=O)c1ccnc(NC(C)(C)C)n1. The molecule has 0 aromatic carbocycles. The number of hydrogen-bond donors (Lipinski definition) is 1. The fourth-order valence-corrected chi connectivity index (χ4v) is 1.89. The van der Waals surface area contributed by atoms with Crippen LogP contribution in [-0.2, 0) is 0 Å². The Labute approximate surface area is 121 Å². The van der Waals surface area contributed by atoms with Crippen molar-refractivity contribution in [3.05, 3.63) is 18.0 Å². The molecule has 1 aromatic heterocycles. The first-order valence-electron chi connectivity index (χ1n) is 7.28. The van der Waals surface area contributed by atoms with Crippen molar-refractivity contribution in [2.75, 3.05) is 18.4 Å². The number of carbonyl (C=O) groups excluding carboxylic acids is 1. The van der Waals surface area contributed by atoms with Crippen LogP contribution in [0.25, 0.3) is 0 Å². The highest BCUT2D eigenvalue weighted by molar-refractivity contribution is 5.92. The van der Waals surface area contributed by atoms with Crippen molar-refractivity contribution in [2.24, 2.45) is 0 Å². The fraction of sp³-hybridized carbons (Fsp3) is 0.667. The minimum atomic E-state index is -0.131. The van der Waals surface area contributed by atoms with Crippen LogP contribution in [-0.4, -0.2) is 39.4 Å². The zero-order chi connectivity index (χ0) is 15.2. The van der Waals surface area contributed by atoms with E-state index in [1.165, 1.54) is 0 Å². The van der Waals surface area contributed by atoms with E-state index in [1.54, 1.807) is 12.3 Å². The summed E-state index contributed by atoms with van der Waals surface area (Å²) >= 11 is 0. The molecule has 1 amide bonds. The average Bonchev–Trinajstić information content (AvgIpc) is 2.36. The van der Waals surface area contributed by atoms with Crippen molar-refractivity contribution in [1.29, 1.82) is 0 Å². The maximum Gasteiger partial charge on any atom is 0.272 e. The van der Waals surface area contributed by atoms with Gasteiger partial charge in [-0.05, 0) is 39.7 Å². The Bertz CT molecular complexity index is 434. The van der Waals surface area contributed by atoms with E-state index in [4.69, 9.17) is 0 Å². The van der Waals surface area contributed by atoms with Gasteiger partial charge in [0.1, 0.15) is 5.69 Å². The Morgan fingerprint density at radius 2 is 1.85 bits per heavy atom. The standard InChI is InChI=1S/C15H26N4O/c1-6-10-19(11-7-2)13(20)12-8-9-16-14(17-12)18-15(3,4)5/h8-9H,6-7,10-11H2,1-5H3,(H,16,17,18). The number of aromatic nitrogens is 2. The number of amides is 1. The quantitative estimate of drug-likeness (QED) is 0.869. The minimum Gasteiger partial charge on any atom is -0.350 e. The lowest BCUT2D eigenvalue weighted by atomic mass is 10.1. The highest BCUT2D eigenvalue weighted by atomic mass is 16.2. The number of rotatable bonds is 6. The van der Waals surface area contributed by atoms with Crippen molar-refractivity contribution in [2.45, 2.75) is 53.0 Å². The van der Waals surface area contributed by atoms with E-state index >= 15 is 0 Å². The van der Waals surface area contributed by atoms with Gasteiger partial charge in [0, 0.05) is 24.8 Å². The number of carbonyl (C=O) groups is 1. The van der Waals surface area contributed by atoms with Crippen LogP contribution in [0.4, 0.5) is 5.95 Å². The molecule has 0 bridgehead atoms. The summed E-state index contributed by atoms with van der Waals surface area (Å²) in [5, 5.41) is 3.19. The summed E-state index contributed by atoms with van der Waals surface area (Å²) in [5.41, 5.74) is 0.322. The Kier molecular flexibility index (Phi) is 5.92. The van der Waals surface area contributed by atoms with Gasteiger partial charge in [-0.15, -0.1) is 0 Å². The summed E-state index contributed by atoms with van der Waals surface area (Å²) in [6.07, 6.45) is 3.53. The van der Waals surface area contributed by atoms with Crippen molar-refractivity contribution in [3.63, 3.8) is 0 Å². The van der Waals surface area contributed by atoms with Gasteiger partial charge in [0.05, 0.1) is 0 Å². The van der Waals surface area contributed by atoms with Gasteiger partial charge in [-0.3, -0.25) is 4.79 Å². The van der Waals surface area contributed by atoms with E-state index in [9.17, 15) is 4.79 Å². The Hall–Kier alpha value is -1.65. The summed E-state index contributed by atoms with van der Waals surface area (Å²) in [4.78, 5) is 22.8. The van der Waals surface area contributed by atoms with E-state index in [2.05, 4.69) is 29.1 Å². The molecule has 0 radical (unpaired) electrons. The maximum absolute atomic E-state index is 12.5. The zero-order valence-electron chi connectivity index (χ0n) is 13.2. The predicted octanol–water partition coefficient (Wildman–Crippen LogP) is 2.95. The molecule has 5 heteroatoms. The minimum absolute atomic E-state index is 0.0203. The monoisotopic (exact) mass is 278 g/mol. The Balaban J connectivity index is 2.89. The number of hydrogen-bond acceptors (Lipinski definition) is 4. The third-order valence-electron chi connectivity index (χ3n) is 2.64. The van der Waals surface area contributed by atoms with Crippen LogP contribution in [0.1, 0.15) is 57.9 Å². The van der Waals surface area contributed by atoms with Gasteiger partial charge in [0.2, 0.25) is 5.95 Å². The molecule has 112 valence electrons. The lowest BCUT2D eigenvalue weighted by Crippen LogP contribution is -2.33. The molecule has 0 unspecified atom stereocenters. The van der Waals surface area contributed by atoms with Crippen molar-refractivity contribution < 1.29 is 4.79 Å². The first-order valence-corrected chi connectivity index (χ1v) is 7.28. The zero-order valence-corrected chi connectivity index (χ0v) is 13.2. The first-order chi connectivity index (χ1) is 9.37. The molecule has 20 heavy (non-hydrogen) atoms. The second-order valence-corrected chi connectivity index (χ2v) is 5.93. The van der Waals surface area contributed by atoms with Gasteiger partial charge < -0.3 is 10.2 Å². The second kappa shape index (κ2) is 7.22. The van der Waals surface area contributed by atoms with Crippen LogP contribution < -0.4 is 5.32 Å².